The molecule has 1 aromatic heterocycles. The molecule has 0 bridgehead atoms. The Kier molecular flexibility index (Phi) is 4.03. The number of fused-ring (bicyclic) bond motifs is 1. The van der Waals surface area contributed by atoms with E-state index in [4.69, 9.17) is 9.15 Å². The number of ether oxygens (including phenoxy) is 1. The summed E-state index contributed by atoms with van der Waals surface area (Å²) in [4.78, 5) is 12.1. The summed E-state index contributed by atoms with van der Waals surface area (Å²) in [6, 6.07) is 11.2. The van der Waals surface area contributed by atoms with Crippen molar-refractivity contribution in [3.8, 4) is 5.75 Å². The van der Waals surface area contributed by atoms with Crippen molar-refractivity contribution in [2.24, 2.45) is 0 Å². The van der Waals surface area contributed by atoms with Gasteiger partial charge < -0.3 is 9.15 Å². The van der Waals surface area contributed by atoms with Gasteiger partial charge in [0.1, 0.15) is 11.3 Å². The van der Waals surface area contributed by atoms with Crippen LogP contribution in [0.25, 0.3) is 11.0 Å². The van der Waals surface area contributed by atoms with E-state index in [-0.39, 0.29) is 12.4 Å². The van der Waals surface area contributed by atoms with Gasteiger partial charge in [-0.2, -0.15) is 0 Å². The molecule has 0 spiro atoms. The molecule has 3 nitrogen and oxygen atoms in total. The lowest BCUT2D eigenvalue weighted by molar-refractivity contribution is -0.133. The van der Waals surface area contributed by atoms with E-state index in [0.717, 1.165) is 32.1 Å². The average Bonchev–Trinajstić information content (AvgIpc) is 2.84. The van der Waals surface area contributed by atoms with E-state index in [1.54, 1.807) is 18.4 Å². The molecule has 2 aromatic carbocycles. The number of aryl methyl sites for hydroxylation is 2. The van der Waals surface area contributed by atoms with Crippen molar-refractivity contribution in [2.75, 3.05) is 0 Å². The van der Waals surface area contributed by atoms with E-state index >= 15 is 0 Å². The lowest BCUT2D eigenvalue weighted by Crippen LogP contribution is -2.11. The molecule has 0 radical (unpaired) electrons. The van der Waals surface area contributed by atoms with E-state index in [1.807, 2.05) is 32.0 Å². The Balaban J connectivity index is 1.81. The number of halogens is 1. The normalized spacial score (nSPS) is 10.9. The number of esters is 1. The monoisotopic (exact) mass is 358 g/mol. The zero-order valence-corrected chi connectivity index (χ0v) is 13.9. The Morgan fingerprint density at radius 2 is 1.91 bits per heavy atom. The van der Waals surface area contributed by atoms with Gasteiger partial charge in [0.15, 0.2) is 0 Å². The van der Waals surface area contributed by atoms with Gasteiger partial charge in [0, 0.05) is 15.4 Å². The zero-order chi connectivity index (χ0) is 15.7. The first kappa shape index (κ1) is 14.9. The minimum Gasteiger partial charge on any atom is -0.464 e. The highest BCUT2D eigenvalue weighted by molar-refractivity contribution is 9.10. The van der Waals surface area contributed by atoms with Gasteiger partial charge in [-0.1, -0.05) is 22.0 Å². The van der Waals surface area contributed by atoms with Crippen molar-refractivity contribution in [1.82, 2.24) is 0 Å². The molecule has 0 N–H and O–H groups in total. The number of rotatable bonds is 3. The molecular weight excluding hydrogens is 344 g/mol. The second kappa shape index (κ2) is 5.97. The van der Waals surface area contributed by atoms with Gasteiger partial charge in [0.05, 0.1) is 12.7 Å². The van der Waals surface area contributed by atoms with E-state index < -0.39 is 0 Å². The number of furan rings is 1. The fourth-order valence-electron chi connectivity index (χ4n) is 2.58. The molecule has 112 valence electrons. The van der Waals surface area contributed by atoms with Crippen LogP contribution >= 0.6 is 15.9 Å². The summed E-state index contributed by atoms with van der Waals surface area (Å²) >= 11 is 3.35. The topological polar surface area (TPSA) is 39.4 Å². The molecule has 0 atom stereocenters. The predicted octanol–water partition coefficient (Wildman–Crippen LogP) is 4.96. The molecule has 0 saturated heterocycles. The van der Waals surface area contributed by atoms with Crippen molar-refractivity contribution in [2.45, 2.75) is 20.3 Å². The predicted molar refractivity (Wildman–Crippen MR) is 89.2 cm³/mol. The van der Waals surface area contributed by atoms with Gasteiger partial charge >= 0.3 is 5.97 Å². The Hall–Kier alpha value is -2.07. The maximum atomic E-state index is 12.1. The highest BCUT2D eigenvalue weighted by Crippen LogP contribution is 2.27. The summed E-state index contributed by atoms with van der Waals surface area (Å²) in [5.41, 5.74) is 3.91. The summed E-state index contributed by atoms with van der Waals surface area (Å²) in [6.07, 6.45) is 1.83. The quantitative estimate of drug-likeness (QED) is 0.490. The molecule has 0 unspecified atom stereocenters. The molecule has 4 heteroatoms. The van der Waals surface area contributed by atoms with Gasteiger partial charge in [-0.15, -0.1) is 0 Å². The summed E-state index contributed by atoms with van der Waals surface area (Å²) in [7, 11) is 0. The van der Waals surface area contributed by atoms with Crippen molar-refractivity contribution in [1.29, 1.82) is 0 Å². The molecule has 0 saturated carbocycles. The van der Waals surface area contributed by atoms with Crippen LogP contribution in [-0.4, -0.2) is 5.97 Å². The van der Waals surface area contributed by atoms with E-state index in [1.165, 1.54) is 0 Å². The third-order valence-electron chi connectivity index (χ3n) is 3.47. The first-order valence-corrected chi connectivity index (χ1v) is 7.76. The van der Waals surface area contributed by atoms with Gasteiger partial charge in [0.25, 0.3) is 0 Å². The third-order valence-corrected chi connectivity index (χ3v) is 4.00. The number of carbonyl (C=O) groups is 1. The second-order valence-electron chi connectivity index (χ2n) is 5.32. The minimum atomic E-state index is -0.301. The lowest BCUT2D eigenvalue weighted by Gasteiger charge is -2.05. The van der Waals surface area contributed by atoms with Crippen LogP contribution in [0.2, 0.25) is 0 Å². The number of hydrogen-bond donors (Lipinski definition) is 0. The van der Waals surface area contributed by atoms with Crippen molar-refractivity contribution >= 4 is 32.9 Å². The van der Waals surface area contributed by atoms with Crippen LogP contribution < -0.4 is 4.74 Å². The highest BCUT2D eigenvalue weighted by atomic mass is 79.9. The largest absolute Gasteiger partial charge is 0.464 e. The molecule has 0 aliphatic carbocycles. The van der Waals surface area contributed by atoms with Crippen molar-refractivity contribution in [3.05, 3.63) is 63.8 Å². The van der Waals surface area contributed by atoms with Crippen LogP contribution in [-0.2, 0) is 11.2 Å². The molecule has 0 aliphatic heterocycles. The Morgan fingerprint density at radius 1 is 1.18 bits per heavy atom. The zero-order valence-electron chi connectivity index (χ0n) is 12.4. The SMILES string of the molecule is Cc1cc(C)c2c(CC(=O)Oc3ccc(Br)cc3)coc2c1. The van der Waals surface area contributed by atoms with E-state index in [2.05, 4.69) is 22.0 Å². The molecule has 3 rings (SSSR count). The second-order valence-corrected chi connectivity index (χ2v) is 6.24. The molecule has 22 heavy (non-hydrogen) atoms. The smallest absolute Gasteiger partial charge is 0.315 e. The Morgan fingerprint density at radius 3 is 2.64 bits per heavy atom. The summed E-state index contributed by atoms with van der Waals surface area (Å²) < 4.78 is 11.9. The van der Waals surface area contributed by atoms with Gasteiger partial charge in [-0.25, -0.2) is 0 Å². The average molecular weight is 359 g/mol. The fourth-order valence-corrected chi connectivity index (χ4v) is 2.85. The maximum Gasteiger partial charge on any atom is 0.315 e. The first-order valence-electron chi connectivity index (χ1n) is 6.96. The van der Waals surface area contributed by atoms with Crippen molar-refractivity contribution < 1.29 is 13.9 Å². The van der Waals surface area contributed by atoms with Crippen LogP contribution in [0, 0.1) is 13.8 Å². The first-order chi connectivity index (χ1) is 10.5. The maximum absolute atomic E-state index is 12.1. The van der Waals surface area contributed by atoms with Crippen LogP contribution in [0.5, 0.6) is 5.75 Å². The Bertz CT molecular complexity index is 831. The number of benzene rings is 2. The highest BCUT2D eigenvalue weighted by Gasteiger charge is 2.14. The molecule has 0 aliphatic rings. The Labute approximate surface area is 137 Å². The molecule has 0 amide bonds. The van der Waals surface area contributed by atoms with Crippen molar-refractivity contribution in [3.63, 3.8) is 0 Å². The molecule has 1 heterocycles. The number of carbonyl (C=O) groups excluding carboxylic acids is 1. The van der Waals surface area contributed by atoms with E-state index in [9.17, 15) is 4.79 Å². The number of hydrogen-bond acceptors (Lipinski definition) is 3. The third kappa shape index (κ3) is 3.07. The van der Waals surface area contributed by atoms with Gasteiger partial charge in [-0.05, 0) is 55.3 Å². The fraction of sp³-hybridized carbons (Fsp3) is 0.167. The lowest BCUT2D eigenvalue weighted by atomic mass is 10.0. The van der Waals surface area contributed by atoms with Crippen LogP contribution in [0.15, 0.2) is 51.6 Å². The summed E-state index contributed by atoms with van der Waals surface area (Å²) in [6.45, 7) is 4.05. The summed E-state index contributed by atoms with van der Waals surface area (Å²) in [5, 5.41) is 0.998. The minimum absolute atomic E-state index is 0.187. The molecule has 3 aromatic rings. The van der Waals surface area contributed by atoms with Crippen LogP contribution in [0.3, 0.4) is 0 Å². The van der Waals surface area contributed by atoms with Gasteiger partial charge in [-0.3, -0.25) is 4.79 Å². The standard InChI is InChI=1S/C18H15BrO3/c1-11-7-12(2)18-13(10-21-16(18)8-11)9-17(20)22-15-5-3-14(19)4-6-15/h3-8,10H,9H2,1-2H3. The van der Waals surface area contributed by atoms with Gasteiger partial charge in [0.2, 0.25) is 0 Å². The molecular formula is C18H15BrO3. The molecule has 0 fully saturated rings. The van der Waals surface area contributed by atoms with E-state index in [0.29, 0.717) is 5.75 Å². The van der Waals surface area contributed by atoms with Crippen LogP contribution in [0.1, 0.15) is 16.7 Å². The van der Waals surface area contributed by atoms with Crippen LogP contribution in [0.4, 0.5) is 0 Å². The summed E-state index contributed by atoms with van der Waals surface area (Å²) in [5.74, 6) is 0.235.